The van der Waals surface area contributed by atoms with E-state index in [-0.39, 0.29) is 22.6 Å². The number of nitrogens with zero attached hydrogens (tertiary/aromatic N) is 1. The largest absolute Gasteiger partial charge is 0.460 e. The Bertz CT molecular complexity index is 1900. The van der Waals surface area contributed by atoms with Crippen LogP contribution in [0.15, 0.2) is 80.4 Å². The summed E-state index contributed by atoms with van der Waals surface area (Å²) in [5.41, 5.74) is 1.56. The summed E-state index contributed by atoms with van der Waals surface area (Å²) < 4.78 is 22.9. The first-order chi connectivity index (χ1) is 17.9. The summed E-state index contributed by atoms with van der Waals surface area (Å²) in [6.07, 6.45) is 0. The summed E-state index contributed by atoms with van der Waals surface area (Å²) in [5, 5.41) is 1.68. The Morgan fingerprint density at radius 1 is 0.892 bits per heavy atom. The highest BCUT2D eigenvalue weighted by Crippen LogP contribution is 2.32. The van der Waals surface area contributed by atoms with Crippen molar-refractivity contribution in [2.45, 2.75) is 13.8 Å². The van der Waals surface area contributed by atoms with Gasteiger partial charge in [0.1, 0.15) is 39.0 Å². The van der Waals surface area contributed by atoms with E-state index in [0.29, 0.717) is 32.7 Å². The molecule has 0 aliphatic heterocycles. The Hall–Kier alpha value is -4.76. The van der Waals surface area contributed by atoms with E-state index in [4.69, 9.17) is 18.3 Å². The molecular weight excluding hydrogens is 494 g/mol. The normalized spacial score (nSPS) is 11.3. The van der Waals surface area contributed by atoms with Gasteiger partial charge in [0, 0.05) is 23.8 Å². The van der Waals surface area contributed by atoms with E-state index < -0.39 is 17.6 Å². The second-order valence-electron chi connectivity index (χ2n) is 8.31. The molecule has 0 aliphatic carbocycles. The van der Waals surface area contributed by atoms with E-state index in [1.807, 2.05) is 24.3 Å². The molecule has 0 radical (unpaired) electrons. The van der Waals surface area contributed by atoms with Gasteiger partial charge in [-0.05, 0) is 55.5 Å². The molecule has 37 heavy (non-hydrogen) atoms. The fraction of sp³-hybridized carbons (Fsp3) is 0.0714. The number of fused-ring (bicyclic) bond motifs is 3. The lowest BCUT2D eigenvalue weighted by atomic mass is 10.1. The first-order valence-electron chi connectivity index (χ1n) is 11.2. The van der Waals surface area contributed by atoms with Gasteiger partial charge in [-0.1, -0.05) is 12.1 Å². The van der Waals surface area contributed by atoms with Crippen LogP contribution < -0.4 is 15.1 Å². The highest BCUT2D eigenvalue weighted by Gasteiger charge is 2.22. The number of carbonyl (C=O) groups excluding carboxylic acids is 2. The van der Waals surface area contributed by atoms with Crippen LogP contribution in [0, 0.1) is 6.92 Å². The number of benzene rings is 3. The topological polar surface area (TPSA) is 109 Å². The molecule has 0 saturated carbocycles. The number of carbonyl (C=O) groups is 2. The van der Waals surface area contributed by atoms with Crippen molar-refractivity contribution in [1.29, 1.82) is 0 Å². The lowest BCUT2D eigenvalue weighted by molar-refractivity contribution is -0.131. The SMILES string of the molecule is CC(=O)Oc1ccc2oc(C)c(C(=O)Oc3ccc4cc(-c5nc6ccccc6s5)c(=O)oc4c3)c2c1. The minimum atomic E-state index is -0.663. The average Bonchev–Trinajstić information content (AvgIpc) is 3.43. The van der Waals surface area contributed by atoms with Crippen LogP contribution in [0.5, 0.6) is 11.5 Å². The van der Waals surface area contributed by atoms with Crippen molar-refractivity contribution in [2.75, 3.05) is 0 Å². The summed E-state index contributed by atoms with van der Waals surface area (Å²) in [6, 6.07) is 18.9. The summed E-state index contributed by atoms with van der Waals surface area (Å²) in [7, 11) is 0. The van der Waals surface area contributed by atoms with E-state index in [0.717, 1.165) is 10.2 Å². The van der Waals surface area contributed by atoms with Gasteiger partial charge in [0.25, 0.3) is 0 Å². The second-order valence-corrected chi connectivity index (χ2v) is 9.34. The second kappa shape index (κ2) is 8.72. The molecule has 182 valence electrons. The van der Waals surface area contributed by atoms with Crippen LogP contribution in [0.3, 0.4) is 0 Å². The van der Waals surface area contributed by atoms with Gasteiger partial charge in [-0.2, -0.15) is 0 Å². The Morgan fingerprint density at radius 3 is 2.49 bits per heavy atom. The number of para-hydroxylation sites is 1. The van der Waals surface area contributed by atoms with Crippen LogP contribution in [0.2, 0.25) is 0 Å². The molecule has 0 spiro atoms. The molecule has 0 fully saturated rings. The van der Waals surface area contributed by atoms with Crippen LogP contribution >= 0.6 is 11.3 Å². The third-order valence-corrected chi connectivity index (χ3v) is 6.81. The number of aryl methyl sites for hydroxylation is 1. The van der Waals surface area contributed by atoms with Gasteiger partial charge in [0.2, 0.25) is 0 Å². The highest BCUT2D eigenvalue weighted by atomic mass is 32.1. The number of thiazole rings is 1. The van der Waals surface area contributed by atoms with Gasteiger partial charge in [0.05, 0.1) is 15.8 Å². The molecule has 0 amide bonds. The van der Waals surface area contributed by atoms with E-state index in [1.54, 1.807) is 43.3 Å². The molecule has 6 aromatic rings. The third kappa shape index (κ3) is 4.15. The smallest absolute Gasteiger partial charge is 0.347 e. The predicted octanol–water partition coefficient (Wildman–Crippen LogP) is 6.27. The summed E-state index contributed by atoms with van der Waals surface area (Å²) in [6.45, 7) is 2.94. The molecule has 3 aromatic heterocycles. The van der Waals surface area contributed by atoms with Crippen molar-refractivity contribution < 1.29 is 27.9 Å². The molecule has 9 heteroatoms. The molecule has 0 aliphatic rings. The quantitative estimate of drug-likeness (QED) is 0.155. The highest BCUT2D eigenvalue weighted by molar-refractivity contribution is 7.21. The molecule has 3 aromatic carbocycles. The van der Waals surface area contributed by atoms with Crippen molar-refractivity contribution in [3.63, 3.8) is 0 Å². The molecule has 0 bridgehead atoms. The van der Waals surface area contributed by atoms with Crippen molar-refractivity contribution >= 4 is 55.4 Å². The Labute approximate surface area is 212 Å². The maximum absolute atomic E-state index is 13.1. The zero-order valence-corrected chi connectivity index (χ0v) is 20.4. The molecule has 3 heterocycles. The van der Waals surface area contributed by atoms with Crippen molar-refractivity contribution in [3.8, 4) is 22.1 Å². The van der Waals surface area contributed by atoms with E-state index in [1.165, 1.54) is 24.3 Å². The van der Waals surface area contributed by atoms with Crippen molar-refractivity contribution in [3.05, 3.63) is 88.5 Å². The number of ether oxygens (including phenoxy) is 2. The number of esters is 2. The van der Waals surface area contributed by atoms with Gasteiger partial charge in [0.15, 0.2) is 0 Å². The number of rotatable bonds is 4. The van der Waals surface area contributed by atoms with Crippen LogP contribution in [0.1, 0.15) is 23.0 Å². The Kier molecular flexibility index (Phi) is 5.35. The lowest BCUT2D eigenvalue weighted by Gasteiger charge is -2.06. The minimum Gasteiger partial charge on any atom is -0.460 e. The minimum absolute atomic E-state index is 0.193. The molecule has 0 atom stereocenters. The number of furan rings is 1. The Morgan fingerprint density at radius 2 is 1.68 bits per heavy atom. The Balaban J connectivity index is 1.33. The molecule has 0 N–H and O–H groups in total. The standard InChI is InChI=1S/C28H17NO7S/c1-14-25(19-12-17(34-15(2)30)9-10-22(19)33-14)28(32)35-18-8-7-16-11-20(27(31)36-23(16)13-18)26-29-21-5-3-4-6-24(21)37-26/h3-13H,1-2H3. The fourth-order valence-corrected chi connectivity index (χ4v) is 5.10. The van der Waals surface area contributed by atoms with Crippen LogP contribution in [0.4, 0.5) is 0 Å². The van der Waals surface area contributed by atoms with Crippen LogP contribution in [-0.4, -0.2) is 16.9 Å². The maximum Gasteiger partial charge on any atom is 0.347 e. The first kappa shape index (κ1) is 22.7. The molecule has 0 saturated heterocycles. The van der Waals surface area contributed by atoms with Gasteiger partial charge in [-0.3, -0.25) is 4.79 Å². The van der Waals surface area contributed by atoms with Gasteiger partial charge in [-0.25, -0.2) is 14.6 Å². The fourth-order valence-electron chi connectivity index (χ4n) is 4.13. The molecule has 6 rings (SSSR count). The average molecular weight is 512 g/mol. The summed E-state index contributed by atoms with van der Waals surface area (Å²) in [4.78, 5) is 41.7. The number of hydrogen-bond donors (Lipinski definition) is 0. The predicted molar refractivity (Wildman–Crippen MR) is 138 cm³/mol. The van der Waals surface area contributed by atoms with E-state index in [9.17, 15) is 14.4 Å². The molecule has 0 unspecified atom stereocenters. The zero-order valence-electron chi connectivity index (χ0n) is 19.6. The van der Waals surface area contributed by atoms with Gasteiger partial charge < -0.3 is 18.3 Å². The number of aromatic nitrogens is 1. The number of hydrogen-bond acceptors (Lipinski definition) is 9. The molecule has 8 nitrogen and oxygen atoms in total. The monoisotopic (exact) mass is 511 g/mol. The van der Waals surface area contributed by atoms with Crippen molar-refractivity contribution in [1.82, 2.24) is 4.98 Å². The molecular formula is C28H17NO7S. The zero-order chi connectivity index (χ0) is 25.7. The third-order valence-electron chi connectivity index (χ3n) is 5.74. The summed E-state index contributed by atoms with van der Waals surface area (Å²) in [5.74, 6) is -0.311. The van der Waals surface area contributed by atoms with Gasteiger partial charge in [-0.15, -0.1) is 11.3 Å². The van der Waals surface area contributed by atoms with E-state index >= 15 is 0 Å². The van der Waals surface area contributed by atoms with Crippen LogP contribution in [-0.2, 0) is 4.79 Å². The summed E-state index contributed by atoms with van der Waals surface area (Å²) >= 11 is 1.41. The first-order valence-corrected chi connectivity index (χ1v) is 12.0. The van der Waals surface area contributed by atoms with E-state index in [2.05, 4.69) is 4.98 Å². The van der Waals surface area contributed by atoms with Gasteiger partial charge >= 0.3 is 17.6 Å². The van der Waals surface area contributed by atoms with Crippen molar-refractivity contribution in [2.24, 2.45) is 0 Å². The maximum atomic E-state index is 13.1. The van der Waals surface area contributed by atoms with Crippen LogP contribution in [0.25, 0.3) is 42.7 Å². The lowest BCUT2D eigenvalue weighted by Crippen LogP contribution is -2.09.